The number of carbonyl (C=O) groups excluding carboxylic acids is 2. The van der Waals surface area contributed by atoms with Crippen LogP contribution in [0.4, 0.5) is 10.1 Å². The highest BCUT2D eigenvalue weighted by atomic mass is 32.1. The molecule has 0 spiro atoms. The molecule has 2 amide bonds. The number of nitrogens with zero attached hydrogens (tertiary/aromatic N) is 1. The molecule has 1 N–H and O–H groups in total. The van der Waals surface area contributed by atoms with E-state index < -0.39 is 5.82 Å². The van der Waals surface area contributed by atoms with Gasteiger partial charge in [0.15, 0.2) is 0 Å². The molecule has 1 unspecified atom stereocenters. The summed E-state index contributed by atoms with van der Waals surface area (Å²) in [6.45, 7) is 1.45. The Balaban J connectivity index is 1.49. The van der Waals surface area contributed by atoms with Gasteiger partial charge in [-0.05, 0) is 48.8 Å². The Morgan fingerprint density at radius 2 is 2.12 bits per heavy atom. The van der Waals surface area contributed by atoms with Crippen molar-refractivity contribution in [3.05, 3.63) is 52.5 Å². The van der Waals surface area contributed by atoms with Crippen LogP contribution in [-0.4, -0.2) is 29.8 Å². The number of benzene rings is 1. The number of piperidine rings is 1. The summed E-state index contributed by atoms with van der Waals surface area (Å²) in [6.07, 6.45) is 3.00. The molecule has 0 aliphatic carbocycles. The summed E-state index contributed by atoms with van der Waals surface area (Å²) >= 11 is 1.52. The highest BCUT2D eigenvalue weighted by molar-refractivity contribution is 7.08. The zero-order valence-corrected chi connectivity index (χ0v) is 14.7. The highest BCUT2D eigenvalue weighted by Crippen LogP contribution is 2.23. The van der Waals surface area contributed by atoms with Gasteiger partial charge < -0.3 is 10.2 Å². The van der Waals surface area contributed by atoms with E-state index >= 15 is 0 Å². The predicted molar refractivity (Wildman–Crippen MR) is 97.2 cm³/mol. The SMILES string of the molecule is O=C(CCC1CCCN(C(=O)c2ccsc2)C1)Nc1ccccc1F. The average Bonchev–Trinajstić information content (AvgIpc) is 3.16. The number of rotatable bonds is 5. The predicted octanol–water partition coefficient (Wildman–Crippen LogP) is 4.16. The maximum Gasteiger partial charge on any atom is 0.254 e. The third-order valence-electron chi connectivity index (χ3n) is 4.50. The van der Waals surface area contributed by atoms with Crippen molar-refractivity contribution in [2.24, 2.45) is 5.92 Å². The number of carbonyl (C=O) groups is 2. The van der Waals surface area contributed by atoms with Crippen molar-refractivity contribution in [3.63, 3.8) is 0 Å². The van der Waals surface area contributed by atoms with Crippen molar-refractivity contribution in [1.29, 1.82) is 0 Å². The third-order valence-corrected chi connectivity index (χ3v) is 5.19. The van der Waals surface area contributed by atoms with Gasteiger partial charge >= 0.3 is 0 Å². The summed E-state index contributed by atoms with van der Waals surface area (Å²) in [5.74, 6) is -0.239. The lowest BCUT2D eigenvalue weighted by Gasteiger charge is -2.32. The van der Waals surface area contributed by atoms with Crippen molar-refractivity contribution < 1.29 is 14.0 Å². The Morgan fingerprint density at radius 3 is 2.88 bits per heavy atom. The summed E-state index contributed by atoms with van der Waals surface area (Å²) in [5.41, 5.74) is 0.952. The fourth-order valence-electron chi connectivity index (χ4n) is 3.16. The Hall–Kier alpha value is -2.21. The molecule has 2 heterocycles. The molecule has 0 bridgehead atoms. The van der Waals surface area contributed by atoms with Crippen LogP contribution in [0.15, 0.2) is 41.1 Å². The van der Waals surface area contributed by atoms with Crippen LogP contribution in [0.2, 0.25) is 0 Å². The molecule has 132 valence electrons. The van der Waals surface area contributed by atoms with E-state index in [9.17, 15) is 14.0 Å². The third kappa shape index (κ3) is 4.66. The molecule has 1 fully saturated rings. The normalized spacial score (nSPS) is 17.3. The van der Waals surface area contributed by atoms with Crippen LogP contribution in [0.5, 0.6) is 0 Å². The van der Waals surface area contributed by atoms with Crippen LogP contribution < -0.4 is 5.32 Å². The molecule has 6 heteroatoms. The quantitative estimate of drug-likeness (QED) is 0.870. The van der Waals surface area contributed by atoms with Gasteiger partial charge in [-0.2, -0.15) is 11.3 Å². The fraction of sp³-hybridized carbons (Fsp3) is 0.368. The van der Waals surface area contributed by atoms with E-state index in [-0.39, 0.29) is 17.5 Å². The Kier molecular flexibility index (Phi) is 5.81. The van der Waals surface area contributed by atoms with Crippen LogP contribution in [-0.2, 0) is 4.79 Å². The Morgan fingerprint density at radius 1 is 1.28 bits per heavy atom. The number of thiophene rings is 1. The van der Waals surface area contributed by atoms with E-state index in [1.54, 1.807) is 18.2 Å². The van der Waals surface area contributed by atoms with Crippen molar-refractivity contribution >= 4 is 28.8 Å². The van der Waals surface area contributed by atoms with Crippen LogP contribution in [0.1, 0.15) is 36.0 Å². The van der Waals surface area contributed by atoms with E-state index in [2.05, 4.69) is 5.32 Å². The maximum atomic E-state index is 13.6. The molecule has 1 atom stereocenters. The first kappa shape index (κ1) is 17.6. The summed E-state index contributed by atoms with van der Waals surface area (Å²) in [6, 6.07) is 8.00. The standard InChI is InChI=1S/C19H21FN2O2S/c20-16-5-1-2-6-17(16)21-18(23)8-7-14-4-3-10-22(12-14)19(24)15-9-11-25-13-15/h1-2,5-6,9,11,13-14H,3-4,7-8,10,12H2,(H,21,23). The first-order valence-corrected chi connectivity index (χ1v) is 9.43. The minimum atomic E-state index is -0.430. The first-order valence-electron chi connectivity index (χ1n) is 8.49. The minimum Gasteiger partial charge on any atom is -0.338 e. The lowest BCUT2D eigenvalue weighted by atomic mass is 9.93. The second kappa shape index (κ2) is 8.25. The van der Waals surface area contributed by atoms with Crippen molar-refractivity contribution in [3.8, 4) is 0 Å². The van der Waals surface area contributed by atoms with E-state index in [1.807, 2.05) is 21.7 Å². The van der Waals surface area contributed by atoms with Crippen molar-refractivity contribution in [1.82, 2.24) is 4.90 Å². The fourth-order valence-corrected chi connectivity index (χ4v) is 3.79. The van der Waals surface area contributed by atoms with Gasteiger partial charge in [0.2, 0.25) is 5.91 Å². The average molecular weight is 360 g/mol. The van der Waals surface area contributed by atoms with Crippen LogP contribution in [0.3, 0.4) is 0 Å². The summed E-state index contributed by atoms with van der Waals surface area (Å²) in [5, 5.41) is 6.39. The van der Waals surface area contributed by atoms with Gasteiger partial charge in [-0.3, -0.25) is 9.59 Å². The molecule has 1 aromatic heterocycles. The molecule has 1 aliphatic heterocycles. The highest BCUT2D eigenvalue weighted by Gasteiger charge is 2.25. The second-order valence-electron chi connectivity index (χ2n) is 6.34. The molecule has 1 aliphatic rings. The molecule has 4 nitrogen and oxygen atoms in total. The van der Waals surface area contributed by atoms with E-state index in [4.69, 9.17) is 0 Å². The minimum absolute atomic E-state index is 0.0711. The zero-order chi connectivity index (χ0) is 17.6. The molecule has 1 aromatic carbocycles. The number of nitrogens with one attached hydrogen (secondary N) is 1. The Labute approximate surface area is 150 Å². The summed E-state index contributed by atoms with van der Waals surface area (Å²) in [4.78, 5) is 26.4. The van der Waals surface area contributed by atoms with Crippen LogP contribution >= 0.6 is 11.3 Å². The number of likely N-dealkylation sites (tertiary alicyclic amines) is 1. The topological polar surface area (TPSA) is 49.4 Å². The number of hydrogen-bond donors (Lipinski definition) is 1. The molecular weight excluding hydrogens is 339 g/mol. The van der Waals surface area contributed by atoms with Gasteiger partial charge in [0.25, 0.3) is 5.91 Å². The summed E-state index contributed by atoms with van der Waals surface area (Å²) < 4.78 is 13.6. The van der Waals surface area contributed by atoms with Crippen molar-refractivity contribution in [2.45, 2.75) is 25.7 Å². The molecule has 3 rings (SSSR count). The summed E-state index contributed by atoms with van der Waals surface area (Å²) in [7, 11) is 0. The van der Waals surface area contributed by atoms with Gasteiger partial charge in [0.1, 0.15) is 5.82 Å². The van der Waals surface area contributed by atoms with Crippen LogP contribution in [0, 0.1) is 11.7 Å². The first-order chi connectivity index (χ1) is 12.1. The van der Waals surface area contributed by atoms with Gasteiger partial charge in [0, 0.05) is 24.9 Å². The van der Waals surface area contributed by atoms with Crippen molar-refractivity contribution in [2.75, 3.05) is 18.4 Å². The lowest BCUT2D eigenvalue weighted by molar-refractivity contribution is -0.116. The zero-order valence-electron chi connectivity index (χ0n) is 13.9. The number of amides is 2. The largest absolute Gasteiger partial charge is 0.338 e. The lowest BCUT2D eigenvalue weighted by Crippen LogP contribution is -2.40. The monoisotopic (exact) mass is 360 g/mol. The molecule has 0 saturated carbocycles. The number of para-hydroxylation sites is 1. The van der Waals surface area contributed by atoms with E-state index in [1.165, 1.54) is 17.4 Å². The molecule has 2 aromatic rings. The van der Waals surface area contributed by atoms with Gasteiger partial charge in [0.05, 0.1) is 11.3 Å². The number of halogens is 1. The molecular formula is C19H21FN2O2S. The smallest absolute Gasteiger partial charge is 0.254 e. The van der Waals surface area contributed by atoms with Gasteiger partial charge in [-0.1, -0.05) is 12.1 Å². The molecule has 1 saturated heterocycles. The molecule has 25 heavy (non-hydrogen) atoms. The Bertz CT molecular complexity index is 733. The second-order valence-corrected chi connectivity index (χ2v) is 7.12. The van der Waals surface area contributed by atoms with Gasteiger partial charge in [-0.25, -0.2) is 4.39 Å². The number of hydrogen-bond acceptors (Lipinski definition) is 3. The number of anilines is 1. The molecule has 0 radical (unpaired) electrons. The van der Waals surface area contributed by atoms with Crippen LogP contribution in [0.25, 0.3) is 0 Å². The van der Waals surface area contributed by atoms with E-state index in [0.29, 0.717) is 25.3 Å². The maximum absolute atomic E-state index is 13.6. The van der Waals surface area contributed by atoms with E-state index in [0.717, 1.165) is 24.9 Å². The van der Waals surface area contributed by atoms with Gasteiger partial charge in [-0.15, -0.1) is 0 Å².